The fourth-order valence-electron chi connectivity index (χ4n) is 0.354. The molecule has 0 saturated heterocycles. The number of carboxylic acid groups (broad SMARTS) is 1. The summed E-state index contributed by atoms with van der Waals surface area (Å²) in [6.07, 6.45) is 1.14. The molecule has 0 aromatic heterocycles. The lowest BCUT2D eigenvalue weighted by atomic mass is 10.6. The highest BCUT2D eigenvalue weighted by atomic mass is 16.5. The van der Waals surface area contributed by atoms with Crippen LogP contribution in [0, 0.1) is 0 Å². The molecule has 0 aromatic carbocycles. The molecule has 62 valence electrons. The van der Waals surface area contributed by atoms with E-state index in [0.717, 1.165) is 12.3 Å². The molecule has 0 radical (unpaired) electrons. The minimum atomic E-state index is -1.12. The first-order valence-electron chi connectivity index (χ1n) is 2.99. The largest absolute Gasteiger partial charge is 0.478 e. The number of rotatable bonds is 3. The van der Waals surface area contributed by atoms with Crippen molar-refractivity contribution in [2.24, 2.45) is 0 Å². The van der Waals surface area contributed by atoms with E-state index in [9.17, 15) is 9.59 Å². The Morgan fingerprint density at radius 2 is 2.27 bits per heavy atom. The van der Waals surface area contributed by atoms with E-state index in [0.29, 0.717) is 0 Å². The molecule has 11 heavy (non-hydrogen) atoms. The van der Waals surface area contributed by atoms with Crippen LogP contribution in [0.4, 0.5) is 4.79 Å². The Labute approximate surface area is 63.7 Å². The highest BCUT2D eigenvalue weighted by Crippen LogP contribution is 1.76. The molecule has 0 atom stereocenters. The molecule has 1 amide bonds. The van der Waals surface area contributed by atoms with Crippen LogP contribution in [0.5, 0.6) is 0 Å². The lowest BCUT2D eigenvalue weighted by Gasteiger charge is -1.97. The van der Waals surface area contributed by atoms with Crippen molar-refractivity contribution in [2.75, 3.05) is 6.61 Å². The smallest absolute Gasteiger partial charge is 0.411 e. The van der Waals surface area contributed by atoms with Gasteiger partial charge >= 0.3 is 12.1 Å². The molecular weight excluding hydrogens is 150 g/mol. The third kappa shape index (κ3) is 6.36. The van der Waals surface area contributed by atoms with Gasteiger partial charge < -0.3 is 9.84 Å². The SMILES string of the molecule is CCOC(=O)NC=CC(=O)O. The second-order valence-electron chi connectivity index (χ2n) is 1.54. The molecule has 0 spiro atoms. The van der Waals surface area contributed by atoms with Gasteiger partial charge in [0.05, 0.1) is 6.61 Å². The summed E-state index contributed by atoms with van der Waals surface area (Å²) in [7, 11) is 0. The lowest BCUT2D eigenvalue weighted by molar-refractivity contribution is -0.131. The number of amides is 1. The summed E-state index contributed by atoms with van der Waals surface area (Å²) >= 11 is 0. The number of carbonyl (C=O) groups is 2. The highest BCUT2D eigenvalue weighted by Gasteiger charge is 1.94. The number of alkyl carbamates (subject to hydrolysis) is 1. The molecule has 0 heterocycles. The van der Waals surface area contributed by atoms with Gasteiger partial charge in [0, 0.05) is 12.3 Å². The fourth-order valence-corrected chi connectivity index (χ4v) is 0.354. The number of carboxylic acids is 1. The Hall–Kier alpha value is -1.52. The van der Waals surface area contributed by atoms with Crippen LogP contribution in [0.3, 0.4) is 0 Å². The number of hydrogen-bond donors (Lipinski definition) is 2. The van der Waals surface area contributed by atoms with Crippen LogP contribution in [-0.2, 0) is 9.53 Å². The summed E-state index contributed by atoms with van der Waals surface area (Å²) in [5.74, 6) is -1.12. The summed E-state index contributed by atoms with van der Waals surface area (Å²) in [6, 6.07) is 0. The molecule has 0 fully saturated rings. The van der Waals surface area contributed by atoms with Gasteiger partial charge in [0.25, 0.3) is 0 Å². The lowest BCUT2D eigenvalue weighted by Crippen LogP contribution is -2.18. The Kier molecular flexibility index (Phi) is 4.55. The van der Waals surface area contributed by atoms with Gasteiger partial charge in [-0.3, -0.25) is 5.32 Å². The van der Waals surface area contributed by atoms with Gasteiger partial charge in [0.15, 0.2) is 0 Å². The van der Waals surface area contributed by atoms with Crippen molar-refractivity contribution in [2.45, 2.75) is 6.92 Å². The van der Waals surface area contributed by atoms with Crippen molar-refractivity contribution in [1.29, 1.82) is 0 Å². The van der Waals surface area contributed by atoms with E-state index < -0.39 is 12.1 Å². The standard InChI is InChI=1S/C6H9NO4/c1-2-11-6(10)7-4-3-5(8)9/h3-4H,2H2,1H3,(H,7,10)(H,8,9). The minimum absolute atomic E-state index is 0.257. The maximum Gasteiger partial charge on any atom is 0.411 e. The molecule has 0 aliphatic carbocycles. The third-order valence-electron chi connectivity index (χ3n) is 0.703. The van der Waals surface area contributed by atoms with E-state index in [1.807, 2.05) is 0 Å². The normalized spacial score (nSPS) is 9.55. The van der Waals surface area contributed by atoms with Crippen molar-refractivity contribution < 1.29 is 19.4 Å². The Balaban J connectivity index is 3.53. The van der Waals surface area contributed by atoms with Crippen LogP contribution < -0.4 is 5.32 Å². The van der Waals surface area contributed by atoms with Crippen molar-refractivity contribution in [3.63, 3.8) is 0 Å². The number of ether oxygens (including phenoxy) is 1. The van der Waals surface area contributed by atoms with Crippen molar-refractivity contribution >= 4 is 12.1 Å². The summed E-state index contributed by atoms with van der Waals surface area (Å²) < 4.78 is 4.43. The van der Waals surface area contributed by atoms with Crippen LogP contribution in [-0.4, -0.2) is 23.8 Å². The first-order chi connectivity index (χ1) is 5.16. The zero-order valence-electron chi connectivity index (χ0n) is 6.03. The molecule has 5 nitrogen and oxygen atoms in total. The molecule has 2 N–H and O–H groups in total. The topological polar surface area (TPSA) is 75.6 Å². The molecule has 0 aliphatic heterocycles. The van der Waals surface area contributed by atoms with E-state index in [1.165, 1.54) is 0 Å². The second-order valence-corrected chi connectivity index (χ2v) is 1.54. The van der Waals surface area contributed by atoms with E-state index in [4.69, 9.17) is 5.11 Å². The highest BCUT2D eigenvalue weighted by molar-refractivity contribution is 5.80. The van der Waals surface area contributed by atoms with E-state index in [-0.39, 0.29) is 6.61 Å². The predicted octanol–water partition coefficient (Wildman–Crippen LogP) is 0.331. The molecule has 5 heteroatoms. The van der Waals surface area contributed by atoms with Crippen LogP contribution in [0.15, 0.2) is 12.3 Å². The molecule has 0 aromatic rings. The van der Waals surface area contributed by atoms with Crippen LogP contribution >= 0.6 is 0 Å². The van der Waals surface area contributed by atoms with Gasteiger partial charge in [-0.25, -0.2) is 9.59 Å². The maximum atomic E-state index is 10.4. The molecule has 0 aliphatic rings. The first kappa shape index (κ1) is 9.48. The van der Waals surface area contributed by atoms with E-state index in [1.54, 1.807) is 6.92 Å². The minimum Gasteiger partial charge on any atom is -0.478 e. The Morgan fingerprint density at radius 3 is 2.73 bits per heavy atom. The average Bonchev–Trinajstić information content (AvgIpc) is 1.87. The maximum absolute atomic E-state index is 10.4. The van der Waals surface area contributed by atoms with Crippen molar-refractivity contribution in [3.8, 4) is 0 Å². The van der Waals surface area contributed by atoms with Gasteiger partial charge in [-0.1, -0.05) is 0 Å². The molecule has 0 bridgehead atoms. The number of aliphatic carboxylic acids is 1. The summed E-state index contributed by atoms with van der Waals surface area (Å²) in [4.78, 5) is 20.3. The molecule has 0 rings (SSSR count). The number of nitrogens with one attached hydrogen (secondary N) is 1. The zero-order chi connectivity index (χ0) is 8.69. The van der Waals surface area contributed by atoms with Gasteiger partial charge in [-0.05, 0) is 6.92 Å². The summed E-state index contributed by atoms with van der Waals surface area (Å²) in [5.41, 5.74) is 0. The van der Waals surface area contributed by atoms with Gasteiger partial charge in [0.2, 0.25) is 0 Å². The first-order valence-corrected chi connectivity index (χ1v) is 2.99. The van der Waals surface area contributed by atoms with Crippen LogP contribution in [0.1, 0.15) is 6.92 Å². The summed E-state index contributed by atoms with van der Waals surface area (Å²) in [6.45, 7) is 1.91. The third-order valence-corrected chi connectivity index (χ3v) is 0.703. The number of hydrogen-bond acceptors (Lipinski definition) is 3. The van der Waals surface area contributed by atoms with Gasteiger partial charge in [-0.2, -0.15) is 0 Å². The number of carbonyl (C=O) groups excluding carboxylic acids is 1. The Morgan fingerprint density at radius 1 is 1.64 bits per heavy atom. The molecule has 0 unspecified atom stereocenters. The van der Waals surface area contributed by atoms with Crippen LogP contribution in [0.25, 0.3) is 0 Å². The summed E-state index contributed by atoms with van der Waals surface area (Å²) in [5, 5.41) is 10.2. The molecular formula is C6H9NO4. The van der Waals surface area contributed by atoms with Gasteiger partial charge in [-0.15, -0.1) is 0 Å². The van der Waals surface area contributed by atoms with E-state index >= 15 is 0 Å². The quantitative estimate of drug-likeness (QED) is 0.582. The predicted molar refractivity (Wildman–Crippen MR) is 36.9 cm³/mol. The van der Waals surface area contributed by atoms with E-state index in [2.05, 4.69) is 10.1 Å². The monoisotopic (exact) mass is 159 g/mol. The van der Waals surface area contributed by atoms with Crippen molar-refractivity contribution in [1.82, 2.24) is 5.32 Å². The fraction of sp³-hybridized carbons (Fsp3) is 0.333. The Bertz CT molecular complexity index is 175. The van der Waals surface area contributed by atoms with Crippen LogP contribution in [0.2, 0.25) is 0 Å². The average molecular weight is 159 g/mol. The zero-order valence-corrected chi connectivity index (χ0v) is 6.03. The van der Waals surface area contributed by atoms with Gasteiger partial charge in [0.1, 0.15) is 0 Å². The molecule has 0 saturated carbocycles. The van der Waals surface area contributed by atoms with Crippen molar-refractivity contribution in [3.05, 3.63) is 12.3 Å². The second kappa shape index (κ2) is 5.28.